The number of aromatic nitrogens is 2. The van der Waals surface area contributed by atoms with E-state index in [-0.39, 0.29) is 16.7 Å². The summed E-state index contributed by atoms with van der Waals surface area (Å²) in [6.07, 6.45) is 0. The van der Waals surface area contributed by atoms with E-state index >= 15 is 0 Å². The standard InChI is InChI=1S/C19H18IN3O2S/c1-3-23-18(25)15-6-4-5-7-16(15)22-19(23)26-12(2)17(24)21-14-10-8-13(20)9-11-14/h4-12H,3H2,1-2H3,(H,21,24). The molecule has 0 aliphatic heterocycles. The fourth-order valence-electron chi connectivity index (χ4n) is 2.51. The second kappa shape index (κ2) is 8.22. The Kier molecular flexibility index (Phi) is 5.98. The molecular weight excluding hydrogens is 461 g/mol. The molecule has 0 aliphatic carbocycles. The van der Waals surface area contributed by atoms with Crippen LogP contribution >= 0.6 is 34.4 Å². The summed E-state index contributed by atoms with van der Waals surface area (Å²) in [6.45, 7) is 4.22. The molecule has 0 saturated heterocycles. The number of nitrogens with one attached hydrogen (secondary N) is 1. The topological polar surface area (TPSA) is 64.0 Å². The maximum atomic E-state index is 12.7. The van der Waals surface area contributed by atoms with Crippen LogP contribution in [0.2, 0.25) is 0 Å². The van der Waals surface area contributed by atoms with Crippen molar-refractivity contribution in [1.82, 2.24) is 9.55 Å². The zero-order chi connectivity index (χ0) is 18.7. The summed E-state index contributed by atoms with van der Waals surface area (Å²) >= 11 is 3.51. The third-order valence-electron chi connectivity index (χ3n) is 3.91. The Hall–Kier alpha value is -1.87. The lowest BCUT2D eigenvalue weighted by Crippen LogP contribution is -2.26. The molecule has 0 radical (unpaired) electrons. The molecule has 1 N–H and O–H groups in total. The van der Waals surface area contributed by atoms with Crippen LogP contribution in [0.25, 0.3) is 10.9 Å². The lowest BCUT2D eigenvalue weighted by atomic mass is 10.2. The summed E-state index contributed by atoms with van der Waals surface area (Å²) in [6, 6.07) is 14.9. The van der Waals surface area contributed by atoms with Crippen molar-refractivity contribution in [2.75, 3.05) is 5.32 Å². The molecule has 0 aliphatic rings. The second-order valence-electron chi connectivity index (χ2n) is 5.72. The SMILES string of the molecule is CCn1c(SC(C)C(=O)Nc2ccc(I)cc2)nc2ccccc2c1=O. The summed E-state index contributed by atoms with van der Waals surface area (Å²) in [7, 11) is 0. The summed E-state index contributed by atoms with van der Waals surface area (Å²) in [4.78, 5) is 29.8. The molecule has 2 aromatic carbocycles. The minimum absolute atomic E-state index is 0.0779. The molecule has 26 heavy (non-hydrogen) atoms. The highest BCUT2D eigenvalue weighted by Gasteiger charge is 2.19. The number of fused-ring (bicyclic) bond motifs is 1. The van der Waals surface area contributed by atoms with Crippen molar-refractivity contribution >= 4 is 56.9 Å². The summed E-state index contributed by atoms with van der Waals surface area (Å²) in [5.74, 6) is -0.124. The molecule has 134 valence electrons. The van der Waals surface area contributed by atoms with Gasteiger partial charge in [-0.2, -0.15) is 0 Å². The van der Waals surface area contributed by atoms with Gasteiger partial charge >= 0.3 is 0 Å². The van der Waals surface area contributed by atoms with Gasteiger partial charge in [0, 0.05) is 15.8 Å². The second-order valence-corrected chi connectivity index (χ2v) is 8.27. The predicted octanol–water partition coefficient (Wildman–Crippen LogP) is 4.14. The van der Waals surface area contributed by atoms with Crippen LogP contribution in [-0.2, 0) is 11.3 Å². The van der Waals surface area contributed by atoms with Crippen LogP contribution in [-0.4, -0.2) is 20.7 Å². The minimum Gasteiger partial charge on any atom is -0.325 e. The molecule has 1 unspecified atom stereocenters. The first-order chi connectivity index (χ1) is 12.5. The predicted molar refractivity (Wildman–Crippen MR) is 115 cm³/mol. The number of amides is 1. The first-order valence-corrected chi connectivity index (χ1v) is 10.2. The largest absolute Gasteiger partial charge is 0.325 e. The minimum atomic E-state index is -0.389. The molecule has 3 aromatic rings. The van der Waals surface area contributed by atoms with Gasteiger partial charge in [-0.25, -0.2) is 4.98 Å². The van der Waals surface area contributed by atoms with Crippen LogP contribution in [0.1, 0.15) is 13.8 Å². The van der Waals surface area contributed by atoms with E-state index < -0.39 is 0 Å². The molecule has 0 fully saturated rings. The number of halogens is 1. The summed E-state index contributed by atoms with van der Waals surface area (Å²) in [5.41, 5.74) is 1.32. The first-order valence-electron chi connectivity index (χ1n) is 8.22. The van der Waals surface area contributed by atoms with E-state index in [1.54, 1.807) is 10.6 Å². The van der Waals surface area contributed by atoms with E-state index in [2.05, 4.69) is 32.9 Å². The summed E-state index contributed by atoms with van der Waals surface area (Å²) < 4.78 is 2.72. The monoisotopic (exact) mass is 479 g/mol. The number of thioether (sulfide) groups is 1. The van der Waals surface area contributed by atoms with Gasteiger partial charge in [-0.1, -0.05) is 23.9 Å². The Balaban J connectivity index is 1.84. The van der Waals surface area contributed by atoms with Gasteiger partial charge in [0.1, 0.15) is 0 Å². The van der Waals surface area contributed by atoms with E-state index in [1.165, 1.54) is 11.8 Å². The van der Waals surface area contributed by atoms with Gasteiger partial charge < -0.3 is 5.32 Å². The lowest BCUT2D eigenvalue weighted by molar-refractivity contribution is -0.115. The molecule has 1 atom stereocenters. The van der Waals surface area contributed by atoms with Crippen molar-refractivity contribution in [3.8, 4) is 0 Å². The average molecular weight is 479 g/mol. The molecule has 3 rings (SSSR count). The van der Waals surface area contributed by atoms with Crippen LogP contribution in [0, 0.1) is 3.57 Å². The average Bonchev–Trinajstić information content (AvgIpc) is 2.64. The normalized spacial score (nSPS) is 12.1. The van der Waals surface area contributed by atoms with Crippen molar-refractivity contribution in [2.24, 2.45) is 0 Å². The van der Waals surface area contributed by atoms with E-state index in [4.69, 9.17) is 0 Å². The maximum absolute atomic E-state index is 12.7. The Morgan fingerprint density at radius 2 is 1.92 bits per heavy atom. The van der Waals surface area contributed by atoms with Gasteiger partial charge in [0.05, 0.1) is 16.2 Å². The van der Waals surface area contributed by atoms with Crippen molar-refractivity contribution in [2.45, 2.75) is 30.8 Å². The summed E-state index contributed by atoms with van der Waals surface area (Å²) in [5, 5.41) is 3.66. The highest BCUT2D eigenvalue weighted by Crippen LogP contribution is 2.23. The van der Waals surface area contributed by atoms with Crippen LogP contribution in [0.15, 0.2) is 58.5 Å². The Bertz CT molecular complexity index is 1000. The van der Waals surface area contributed by atoms with Crippen molar-refractivity contribution in [1.29, 1.82) is 0 Å². The van der Waals surface area contributed by atoms with Crippen molar-refractivity contribution in [3.05, 3.63) is 62.5 Å². The number of anilines is 1. The van der Waals surface area contributed by atoms with Crippen LogP contribution in [0.3, 0.4) is 0 Å². The van der Waals surface area contributed by atoms with Crippen molar-refractivity contribution in [3.63, 3.8) is 0 Å². The molecule has 7 heteroatoms. The zero-order valence-electron chi connectivity index (χ0n) is 14.4. The maximum Gasteiger partial charge on any atom is 0.262 e. The molecule has 1 heterocycles. The molecule has 0 bridgehead atoms. The van der Waals surface area contributed by atoms with Crippen LogP contribution < -0.4 is 10.9 Å². The third-order valence-corrected chi connectivity index (χ3v) is 5.72. The third kappa shape index (κ3) is 4.09. The highest BCUT2D eigenvalue weighted by atomic mass is 127. The van der Waals surface area contributed by atoms with Gasteiger partial charge in [0.25, 0.3) is 5.56 Å². The number of hydrogen-bond acceptors (Lipinski definition) is 4. The number of rotatable bonds is 5. The quantitative estimate of drug-likeness (QED) is 0.340. The van der Waals surface area contributed by atoms with E-state index in [0.29, 0.717) is 22.6 Å². The van der Waals surface area contributed by atoms with Crippen molar-refractivity contribution < 1.29 is 4.79 Å². The van der Waals surface area contributed by atoms with Gasteiger partial charge in [-0.05, 0) is 72.8 Å². The number of nitrogens with zero attached hydrogens (tertiary/aromatic N) is 2. The number of carbonyl (C=O) groups excluding carboxylic acids is 1. The van der Waals surface area contributed by atoms with E-state index in [9.17, 15) is 9.59 Å². The molecule has 1 amide bonds. The Morgan fingerprint density at radius 3 is 2.62 bits per heavy atom. The molecule has 0 saturated carbocycles. The van der Waals surface area contributed by atoms with Gasteiger partial charge in [0.15, 0.2) is 5.16 Å². The molecule has 1 aromatic heterocycles. The van der Waals surface area contributed by atoms with Crippen LogP contribution in [0.5, 0.6) is 0 Å². The fraction of sp³-hybridized carbons (Fsp3) is 0.211. The van der Waals surface area contributed by atoms with Gasteiger partial charge in [-0.15, -0.1) is 0 Å². The van der Waals surface area contributed by atoms with Gasteiger partial charge in [-0.3, -0.25) is 14.2 Å². The van der Waals surface area contributed by atoms with E-state index in [1.807, 2.05) is 56.3 Å². The molecular formula is C19H18IN3O2S. The smallest absolute Gasteiger partial charge is 0.262 e. The Morgan fingerprint density at radius 1 is 1.23 bits per heavy atom. The van der Waals surface area contributed by atoms with Crippen LogP contribution in [0.4, 0.5) is 5.69 Å². The Labute approximate surface area is 169 Å². The number of para-hydroxylation sites is 1. The van der Waals surface area contributed by atoms with Gasteiger partial charge in [0.2, 0.25) is 5.91 Å². The highest BCUT2D eigenvalue weighted by molar-refractivity contribution is 14.1. The van der Waals surface area contributed by atoms with E-state index in [0.717, 1.165) is 9.26 Å². The molecule has 5 nitrogen and oxygen atoms in total. The molecule has 0 spiro atoms. The number of hydrogen-bond donors (Lipinski definition) is 1. The number of benzene rings is 2. The number of carbonyl (C=O) groups is 1. The fourth-order valence-corrected chi connectivity index (χ4v) is 3.84. The zero-order valence-corrected chi connectivity index (χ0v) is 17.4. The lowest BCUT2D eigenvalue weighted by Gasteiger charge is -2.15. The first kappa shape index (κ1) is 18.9.